The molecule has 0 aromatic heterocycles. The van der Waals surface area contributed by atoms with Crippen molar-refractivity contribution in [1.29, 1.82) is 0 Å². The summed E-state index contributed by atoms with van der Waals surface area (Å²) in [6, 6.07) is -1.96. The van der Waals surface area contributed by atoms with Gasteiger partial charge >= 0.3 is 103 Å². The van der Waals surface area contributed by atoms with Crippen molar-refractivity contribution < 1.29 is 19.8 Å². The van der Waals surface area contributed by atoms with E-state index in [0.29, 0.717) is 0 Å². The van der Waals surface area contributed by atoms with Crippen molar-refractivity contribution in [3.05, 3.63) is 0 Å². The quantitative estimate of drug-likeness (QED) is 0.336. The Morgan fingerprint density at radius 2 is 1.80 bits per heavy atom. The monoisotopic (exact) mass is 319 g/mol. The minimum absolute atomic E-state index is 0.199. The van der Waals surface area contributed by atoms with Crippen LogP contribution in [0.3, 0.4) is 0 Å². The average molecular weight is 318 g/mol. The van der Waals surface area contributed by atoms with Gasteiger partial charge in [0, 0.05) is 0 Å². The Hall–Kier alpha value is 0.0795. The first kappa shape index (κ1) is 15.1. The van der Waals surface area contributed by atoms with Gasteiger partial charge in [-0.3, -0.25) is 0 Å². The molecule has 1 unspecified atom stereocenters. The number of aliphatic carboxylic acids is 2. The third-order valence-corrected chi connectivity index (χ3v) is 5.90. The van der Waals surface area contributed by atoms with E-state index in [1.54, 1.807) is 0 Å². The summed E-state index contributed by atoms with van der Waals surface area (Å²) in [5.41, 5.74) is 10.6. The standard InChI is InChI=1S/C6H11N2O4S2Se/c7-2(4(9)10)1-13-14-6(15)3(8)5(11)12/h2-3,6H,1,7-8H2,(H,9,10)(H,11,12)/t2-,3+,6?/m0/s1. The molecule has 3 atom stereocenters. The first-order valence-corrected chi connectivity index (χ1v) is 7.14. The number of carbonyl (C=O) groups is 2. The second-order valence-electron chi connectivity index (χ2n) is 2.56. The normalized spacial score (nSPS) is 16.7. The Labute approximate surface area is 103 Å². The van der Waals surface area contributed by atoms with Crippen molar-refractivity contribution in [2.45, 2.75) is 16.2 Å². The summed E-state index contributed by atoms with van der Waals surface area (Å²) in [5.74, 6) is -1.98. The average Bonchev–Trinajstić information content (AvgIpc) is 2.15. The minimum atomic E-state index is -1.10. The van der Waals surface area contributed by atoms with Crippen LogP contribution in [-0.2, 0) is 9.59 Å². The molecule has 0 spiro atoms. The second kappa shape index (κ2) is 7.37. The number of rotatable bonds is 7. The van der Waals surface area contributed by atoms with Crippen LogP contribution in [0.4, 0.5) is 0 Å². The molecule has 6 N–H and O–H groups in total. The molecule has 0 saturated heterocycles. The van der Waals surface area contributed by atoms with E-state index in [0.717, 1.165) is 0 Å². The van der Waals surface area contributed by atoms with E-state index < -0.39 is 28.2 Å². The van der Waals surface area contributed by atoms with E-state index in [1.807, 2.05) is 0 Å². The van der Waals surface area contributed by atoms with E-state index in [9.17, 15) is 9.59 Å². The molecular formula is C6H11N2O4S2Se. The molecule has 0 fully saturated rings. The number of hydrogen-bond donors (Lipinski definition) is 4. The summed E-state index contributed by atoms with van der Waals surface area (Å²) in [6.07, 6.45) is 0. The van der Waals surface area contributed by atoms with Crippen molar-refractivity contribution in [1.82, 2.24) is 0 Å². The molecule has 0 bridgehead atoms. The molecule has 0 heterocycles. The Morgan fingerprint density at radius 1 is 1.27 bits per heavy atom. The van der Waals surface area contributed by atoms with Crippen LogP contribution < -0.4 is 11.5 Å². The molecule has 9 heteroatoms. The second-order valence-corrected chi connectivity index (χ2v) is 6.85. The predicted molar refractivity (Wildman–Crippen MR) is 60.8 cm³/mol. The predicted octanol–water partition coefficient (Wildman–Crippen LogP) is -1.31. The summed E-state index contributed by atoms with van der Waals surface area (Å²) in [5, 5.41) is 17.0. The zero-order valence-corrected chi connectivity index (χ0v) is 10.9. The fraction of sp³-hybridized carbons (Fsp3) is 0.667. The zero-order chi connectivity index (χ0) is 12.0. The molecule has 0 aliphatic carbocycles. The third kappa shape index (κ3) is 6.29. The van der Waals surface area contributed by atoms with Gasteiger partial charge in [0.05, 0.1) is 0 Å². The zero-order valence-electron chi connectivity index (χ0n) is 7.53. The molecule has 0 aromatic carbocycles. The van der Waals surface area contributed by atoms with Crippen LogP contribution in [0.25, 0.3) is 0 Å². The van der Waals surface area contributed by atoms with Crippen LogP contribution in [0.5, 0.6) is 0 Å². The maximum atomic E-state index is 10.5. The van der Waals surface area contributed by atoms with E-state index in [4.69, 9.17) is 21.7 Å². The van der Waals surface area contributed by atoms with Gasteiger partial charge in [0.15, 0.2) is 0 Å². The molecule has 0 rings (SSSR count). The van der Waals surface area contributed by atoms with Gasteiger partial charge in [-0.05, 0) is 0 Å². The molecule has 1 radical (unpaired) electrons. The van der Waals surface area contributed by atoms with Crippen molar-refractivity contribution in [2.75, 3.05) is 5.75 Å². The van der Waals surface area contributed by atoms with Crippen LogP contribution in [-0.4, -0.2) is 60.1 Å². The van der Waals surface area contributed by atoms with Crippen LogP contribution in [0.1, 0.15) is 0 Å². The number of carboxylic acids is 2. The summed E-state index contributed by atoms with van der Waals surface area (Å²) in [6.45, 7) is 0. The van der Waals surface area contributed by atoms with Crippen molar-refractivity contribution in [2.24, 2.45) is 11.5 Å². The van der Waals surface area contributed by atoms with Gasteiger partial charge in [0.2, 0.25) is 0 Å². The van der Waals surface area contributed by atoms with Gasteiger partial charge in [0.25, 0.3) is 0 Å². The Bertz CT molecular complexity index is 243. The van der Waals surface area contributed by atoms with E-state index >= 15 is 0 Å². The third-order valence-electron chi connectivity index (χ3n) is 1.31. The van der Waals surface area contributed by atoms with Gasteiger partial charge in [-0.2, -0.15) is 0 Å². The maximum absolute atomic E-state index is 10.5. The Balaban J connectivity index is 3.77. The summed E-state index contributed by atoms with van der Waals surface area (Å²) < 4.78 is -0.423. The molecule has 87 valence electrons. The van der Waals surface area contributed by atoms with Gasteiger partial charge in [-0.15, -0.1) is 0 Å². The van der Waals surface area contributed by atoms with Gasteiger partial charge in [-0.25, -0.2) is 0 Å². The van der Waals surface area contributed by atoms with Crippen molar-refractivity contribution >= 4 is 49.5 Å². The van der Waals surface area contributed by atoms with Crippen molar-refractivity contribution in [3.8, 4) is 0 Å². The van der Waals surface area contributed by atoms with E-state index in [-0.39, 0.29) is 5.75 Å². The molecule has 15 heavy (non-hydrogen) atoms. The van der Waals surface area contributed by atoms with Crippen LogP contribution >= 0.6 is 21.6 Å². The Morgan fingerprint density at radius 3 is 2.20 bits per heavy atom. The van der Waals surface area contributed by atoms with E-state index in [1.165, 1.54) is 21.6 Å². The molecule has 0 aromatic rings. The summed E-state index contributed by atoms with van der Waals surface area (Å²) in [4.78, 5) is 20.8. The SMILES string of the molecule is N[C@H](C(=O)O)C([Se])SSC[C@H](N)C(=O)O. The number of hydrogen-bond acceptors (Lipinski definition) is 6. The topological polar surface area (TPSA) is 127 Å². The van der Waals surface area contributed by atoms with Crippen molar-refractivity contribution in [3.63, 3.8) is 0 Å². The number of nitrogens with two attached hydrogens (primary N) is 2. The first-order chi connectivity index (χ1) is 6.86. The van der Waals surface area contributed by atoms with Gasteiger partial charge < -0.3 is 0 Å². The molecule has 0 amide bonds. The van der Waals surface area contributed by atoms with Crippen LogP contribution in [0, 0.1) is 0 Å². The molecule has 6 nitrogen and oxygen atoms in total. The Kier molecular flexibility index (Phi) is 7.41. The fourth-order valence-electron chi connectivity index (χ4n) is 0.427. The fourth-order valence-corrected chi connectivity index (χ4v) is 3.90. The van der Waals surface area contributed by atoms with Crippen LogP contribution in [0.15, 0.2) is 0 Å². The van der Waals surface area contributed by atoms with E-state index in [2.05, 4.69) is 16.0 Å². The summed E-state index contributed by atoms with van der Waals surface area (Å²) in [7, 11) is 2.35. The molecule has 0 saturated carbocycles. The molecule has 0 aliphatic rings. The number of carboxylic acid groups (broad SMARTS) is 2. The van der Waals surface area contributed by atoms with Gasteiger partial charge in [0.1, 0.15) is 0 Å². The molecular weight excluding hydrogens is 307 g/mol. The summed E-state index contributed by atoms with van der Waals surface area (Å²) >= 11 is 2.61. The first-order valence-electron chi connectivity index (χ1n) is 3.77. The van der Waals surface area contributed by atoms with Crippen LogP contribution in [0.2, 0.25) is 0 Å². The molecule has 0 aliphatic heterocycles. The van der Waals surface area contributed by atoms with Gasteiger partial charge in [-0.1, -0.05) is 0 Å².